The van der Waals surface area contributed by atoms with Gasteiger partial charge >= 0.3 is 5.97 Å². The molecule has 19 heavy (non-hydrogen) atoms. The fourth-order valence-electron chi connectivity index (χ4n) is 1.32. The highest BCUT2D eigenvalue weighted by molar-refractivity contribution is 7.91. The Hall–Kier alpha value is -1.76. The van der Waals surface area contributed by atoms with Crippen molar-refractivity contribution in [2.45, 2.75) is 19.1 Å². The van der Waals surface area contributed by atoms with Crippen molar-refractivity contribution in [3.8, 4) is 5.75 Å². The summed E-state index contributed by atoms with van der Waals surface area (Å²) in [6.45, 7) is 3.19. The third-order valence-corrected chi connectivity index (χ3v) is 4.77. The van der Waals surface area contributed by atoms with E-state index in [1.165, 1.54) is 18.2 Å². The molecule has 0 aliphatic rings. The van der Waals surface area contributed by atoms with Crippen LogP contribution < -0.4 is 10.5 Å². The van der Waals surface area contributed by atoms with Gasteiger partial charge in [-0.2, -0.15) is 0 Å². The van der Waals surface area contributed by atoms with E-state index in [2.05, 4.69) is 0 Å². The number of hydrogen-bond acceptors (Lipinski definition) is 5. The highest BCUT2D eigenvalue weighted by Crippen LogP contribution is 2.22. The molecule has 0 heterocycles. The molecule has 6 nitrogen and oxygen atoms in total. The van der Waals surface area contributed by atoms with Crippen molar-refractivity contribution in [3.63, 3.8) is 0 Å². The standard InChI is InChI=1S/C12H17NO5S/c1-8(2)19(16,17)6-5-18-11-4-3-9(12(14)15)7-10(11)13/h3-4,7-8H,5-6,13H2,1-2H3,(H,14,15). The molecular formula is C12H17NO5S. The molecule has 0 radical (unpaired) electrons. The van der Waals surface area contributed by atoms with E-state index in [9.17, 15) is 13.2 Å². The van der Waals surface area contributed by atoms with Crippen molar-refractivity contribution in [2.75, 3.05) is 18.1 Å². The summed E-state index contributed by atoms with van der Waals surface area (Å²) in [5.74, 6) is -0.908. The normalized spacial score (nSPS) is 11.5. The Labute approximate surface area is 112 Å². The van der Waals surface area contributed by atoms with Gasteiger partial charge in [-0.25, -0.2) is 13.2 Å². The van der Waals surface area contributed by atoms with E-state index in [1.807, 2.05) is 0 Å². The van der Waals surface area contributed by atoms with Gasteiger partial charge in [0.05, 0.1) is 22.3 Å². The summed E-state index contributed by atoms with van der Waals surface area (Å²) in [5.41, 5.74) is 5.85. The van der Waals surface area contributed by atoms with Crippen LogP contribution in [0, 0.1) is 0 Å². The van der Waals surface area contributed by atoms with E-state index in [0.717, 1.165) is 0 Å². The molecule has 1 rings (SSSR count). The number of nitrogen functional groups attached to an aromatic ring is 1. The third-order valence-electron chi connectivity index (χ3n) is 2.60. The first kappa shape index (κ1) is 15.3. The fourth-order valence-corrected chi connectivity index (χ4v) is 2.10. The van der Waals surface area contributed by atoms with Gasteiger partial charge in [-0.15, -0.1) is 0 Å². The average Bonchev–Trinajstić information content (AvgIpc) is 2.30. The monoisotopic (exact) mass is 287 g/mol. The maximum Gasteiger partial charge on any atom is 0.335 e. The highest BCUT2D eigenvalue weighted by atomic mass is 32.2. The second kappa shape index (κ2) is 5.92. The Balaban J connectivity index is 2.67. The van der Waals surface area contributed by atoms with Gasteiger partial charge in [0.1, 0.15) is 12.4 Å². The summed E-state index contributed by atoms with van der Waals surface area (Å²) < 4.78 is 28.4. The number of aromatic carboxylic acids is 1. The summed E-state index contributed by atoms with van der Waals surface area (Å²) in [7, 11) is -3.16. The van der Waals surface area contributed by atoms with Crippen LogP contribution in [0.4, 0.5) is 5.69 Å². The van der Waals surface area contributed by atoms with Crippen LogP contribution in [0.15, 0.2) is 18.2 Å². The first-order valence-electron chi connectivity index (χ1n) is 5.71. The molecule has 106 valence electrons. The van der Waals surface area contributed by atoms with Crippen molar-refractivity contribution in [3.05, 3.63) is 23.8 Å². The second-order valence-electron chi connectivity index (χ2n) is 4.32. The quantitative estimate of drug-likeness (QED) is 0.760. The molecule has 0 atom stereocenters. The Morgan fingerprint density at radius 1 is 1.42 bits per heavy atom. The second-order valence-corrected chi connectivity index (χ2v) is 7.00. The van der Waals surface area contributed by atoms with Crippen molar-refractivity contribution < 1.29 is 23.1 Å². The molecule has 0 spiro atoms. The Bertz CT molecular complexity index is 565. The molecule has 1 aromatic rings. The first-order chi connectivity index (χ1) is 8.74. The number of benzene rings is 1. The molecule has 1 aromatic carbocycles. The lowest BCUT2D eigenvalue weighted by atomic mass is 10.2. The van der Waals surface area contributed by atoms with Gasteiger partial charge in [-0.3, -0.25) is 0 Å². The van der Waals surface area contributed by atoms with Crippen LogP contribution in [-0.2, 0) is 9.84 Å². The van der Waals surface area contributed by atoms with Crippen LogP contribution in [0.3, 0.4) is 0 Å². The number of anilines is 1. The molecule has 0 aliphatic carbocycles. The molecule has 0 fully saturated rings. The van der Waals surface area contributed by atoms with E-state index in [-0.39, 0.29) is 29.4 Å². The summed E-state index contributed by atoms with van der Waals surface area (Å²) >= 11 is 0. The minimum absolute atomic E-state index is 0.0167. The summed E-state index contributed by atoms with van der Waals surface area (Å²) in [4.78, 5) is 10.7. The molecule has 0 aliphatic heterocycles. The van der Waals surface area contributed by atoms with Crippen LogP contribution in [0.2, 0.25) is 0 Å². The zero-order chi connectivity index (χ0) is 14.6. The molecule has 0 unspecified atom stereocenters. The molecule has 0 bridgehead atoms. The van der Waals surface area contributed by atoms with E-state index in [4.69, 9.17) is 15.6 Å². The molecular weight excluding hydrogens is 270 g/mol. The average molecular weight is 287 g/mol. The van der Waals surface area contributed by atoms with E-state index < -0.39 is 21.1 Å². The van der Waals surface area contributed by atoms with Crippen molar-refractivity contribution in [1.29, 1.82) is 0 Å². The van der Waals surface area contributed by atoms with Gasteiger partial charge in [-0.05, 0) is 32.0 Å². The molecule has 0 aromatic heterocycles. The van der Waals surface area contributed by atoms with Crippen molar-refractivity contribution in [2.24, 2.45) is 0 Å². The van der Waals surface area contributed by atoms with E-state index >= 15 is 0 Å². The molecule has 0 saturated carbocycles. The van der Waals surface area contributed by atoms with Crippen LogP contribution in [0.25, 0.3) is 0 Å². The van der Waals surface area contributed by atoms with E-state index in [1.54, 1.807) is 13.8 Å². The Morgan fingerprint density at radius 3 is 2.53 bits per heavy atom. The molecule has 0 saturated heterocycles. The predicted octanol–water partition coefficient (Wildman–Crippen LogP) is 1.17. The van der Waals surface area contributed by atoms with E-state index in [0.29, 0.717) is 0 Å². The maximum atomic E-state index is 11.6. The van der Waals surface area contributed by atoms with Gasteiger partial charge in [0.2, 0.25) is 0 Å². The number of nitrogens with two attached hydrogens (primary N) is 1. The van der Waals surface area contributed by atoms with Crippen molar-refractivity contribution in [1.82, 2.24) is 0 Å². The minimum Gasteiger partial charge on any atom is -0.490 e. The number of sulfone groups is 1. The Kier molecular flexibility index (Phi) is 4.77. The first-order valence-corrected chi connectivity index (χ1v) is 7.43. The summed E-state index contributed by atoms with van der Waals surface area (Å²) in [5, 5.41) is 8.31. The smallest absolute Gasteiger partial charge is 0.335 e. The lowest BCUT2D eigenvalue weighted by Crippen LogP contribution is -2.22. The number of hydrogen-bond donors (Lipinski definition) is 2. The molecule has 7 heteroatoms. The zero-order valence-corrected chi connectivity index (χ0v) is 11.6. The zero-order valence-electron chi connectivity index (χ0n) is 10.8. The SMILES string of the molecule is CC(C)S(=O)(=O)CCOc1ccc(C(=O)O)cc1N. The van der Waals surface area contributed by atoms with Crippen LogP contribution in [-0.4, -0.2) is 37.1 Å². The van der Waals surface area contributed by atoms with Gasteiger partial charge in [0.25, 0.3) is 0 Å². The summed E-state index contributed by atoms with van der Waals surface area (Å²) in [6, 6.07) is 4.04. The Morgan fingerprint density at radius 2 is 2.05 bits per heavy atom. The number of carboxylic acids is 1. The molecule has 3 N–H and O–H groups in total. The lowest BCUT2D eigenvalue weighted by Gasteiger charge is -2.11. The maximum absolute atomic E-state index is 11.6. The minimum atomic E-state index is -3.16. The largest absolute Gasteiger partial charge is 0.490 e. The van der Waals surface area contributed by atoms with Crippen LogP contribution in [0.5, 0.6) is 5.75 Å². The number of ether oxygens (including phenoxy) is 1. The number of rotatable bonds is 6. The third kappa shape index (κ3) is 4.13. The fraction of sp³-hybridized carbons (Fsp3) is 0.417. The lowest BCUT2D eigenvalue weighted by molar-refractivity contribution is 0.0697. The van der Waals surface area contributed by atoms with Crippen LogP contribution >= 0.6 is 0 Å². The molecule has 0 amide bonds. The van der Waals surface area contributed by atoms with Gasteiger partial charge in [0.15, 0.2) is 9.84 Å². The van der Waals surface area contributed by atoms with Gasteiger partial charge < -0.3 is 15.6 Å². The summed E-state index contributed by atoms with van der Waals surface area (Å²) in [6.07, 6.45) is 0. The van der Waals surface area contributed by atoms with Crippen LogP contribution in [0.1, 0.15) is 24.2 Å². The van der Waals surface area contributed by atoms with Crippen molar-refractivity contribution >= 4 is 21.5 Å². The number of carbonyl (C=O) groups is 1. The van der Waals surface area contributed by atoms with Gasteiger partial charge in [-0.1, -0.05) is 0 Å². The number of carboxylic acid groups (broad SMARTS) is 1. The highest BCUT2D eigenvalue weighted by Gasteiger charge is 2.16. The predicted molar refractivity (Wildman–Crippen MR) is 72.2 cm³/mol. The van der Waals surface area contributed by atoms with Gasteiger partial charge in [0, 0.05) is 0 Å². The topological polar surface area (TPSA) is 107 Å².